The van der Waals surface area contributed by atoms with E-state index < -0.39 is 9.84 Å². The number of rotatable bonds is 2. The average Bonchev–Trinajstić information content (AvgIpc) is 2.64. The molecule has 1 atom stereocenters. The zero-order chi connectivity index (χ0) is 14.0. The van der Waals surface area contributed by atoms with Gasteiger partial charge in [0.15, 0.2) is 0 Å². The Bertz CT molecular complexity index is 556. The van der Waals surface area contributed by atoms with Crippen LogP contribution in [0.1, 0.15) is 37.3 Å². The predicted octanol–water partition coefficient (Wildman–Crippen LogP) is 2.07. The number of hydrogen-bond donors (Lipinski definition) is 1. The van der Waals surface area contributed by atoms with Gasteiger partial charge in [-0.25, -0.2) is 8.42 Å². The number of benzene rings is 1. The average molecular weight is 295 g/mol. The van der Waals surface area contributed by atoms with Crippen molar-refractivity contribution in [3.8, 4) is 5.75 Å². The largest absolute Gasteiger partial charge is 0.493 e. The first-order chi connectivity index (χ1) is 9.64. The van der Waals surface area contributed by atoms with Crippen molar-refractivity contribution in [1.82, 2.24) is 5.32 Å². The Balaban J connectivity index is 1.71. The van der Waals surface area contributed by atoms with Gasteiger partial charge in [0.1, 0.15) is 15.6 Å². The third kappa shape index (κ3) is 3.15. The van der Waals surface area contributed by atoms with Crippen molar-refractivity contribution >= 4 is 9.84 Å². The van der Waals surface area contributed by atoms with E-state index in [1.54, 1.807) is 0 Å². The van der Waals surface area contributed by atoms with E-state index in [0.717, 1.165) is 38.0 Å². The van der Waals surface area contributed by atoms with Gasteiger partial charge in [-0.2, -0.15) is 0 Å². The molecule has 20 heavy (non-hydrogen) atoms. The third-order valence-corrected chi connectivity index (χ3v) is 5.90. The number of ether oxygens (including phenoxy) is 1. The molecule has 110 valence electrons. The lowest BCUT2D eigenvalue weighted by Crippen LogP contribution is -2.39. The van der Waals surface area contributed by atoms with E-state index in [4.69, 9.17) is 4.74 Å². The zero-order valence-electron chi connectivity index (χ0n) is 11.5. The molecule has 1 saturated heterocycles. The minimum absolute atomic E-state index is 0.277. The minimum atomic E-state index is -2.79. The fourth-order valence-corrected chi connectivity index (χ4v) is 4.53. The number of fused-ring (bicyclic) bond motifs is 1. The predicted molar refractivity (Wildman–Crippen MR) is 78.7 cm³/mol. The SMILES string of the molecule is O=S1(=O)CCC(NC2CCCOc3ccccc32)CC1. The first-order valence-corrected chi connectivity index (χ1v) is 9.14. The summed E-state index contributed by atoms with van der Waals surface area (Å²) < 4.78 is 28.8. The first-order valence-electron chi connectivity index (χ1n) is 7.32. The van der Waals surface area contributed by atoms with Crippen LogP contribution in [0.3, 0.4) is 0 Å². The van der Waals surface area contributed by atoms with Crippen molar-refractivity contribution in [3.05, 3.63) is 29.8 Å². The van der Waals surface area contributed by atoms with Crippen molar-refractivity contribution < 1.29 is 13.2 Å². The number of nitrogens with one attached hydrogen (secondary N) is 1. The van der Waals surface area contributed by atoms with Gasteiger partial charge < -0.3 is 10.1 Å². The van der Waals surface area contributed by atoms with Crippen LogP contribution in [0.15, 0.2) is 24.3 Å². The number of para-hydroxylation sites is 1. The summed E-state index contributed by atoms with van der Waals surface area (Å²) in [6, 6.07) is 8.73. The molecular formula is C15H21NO3S. The van der Waals surface area contributed by atoms with Gasteiger partial charge in [0.25, 0.3) is 0 Å². The summed E-state index contributed by atoms with van der Waals surface area (Å²) in [7, 11) is -2.79. The van der Waals surface area contributed by atoms with E-state index in [0.29, 0.717) is 17.5 Å². The molecule has 1 aromatic carbocycles. The summed E-state index contributed by atoms with van der Waals surface area (Å²) >= 11 is 0. The van der Waals surface area contributed by atoms with Crippen LogP contribution < -0.4 is 10.1 Å². The molecule has 1 N–H and O–H groups in total. The number of hydrogen-bond acceptors (Lipinski definition) is 4. The van der Waals surface area contributed by atoms with E-state index in [2.05, 4.69) is 11.4 Å². The summed E-state index contributed by atoms with van der Waals surface area (Å²) in [5, 5.41) is 3.65. The van der Waals surface area contributed by atoms with Crippen LogP contribution in [0, 0.1) is 0 Å². The molecule has 3 rings (SSSR count). The van der Waals surface area contributed by atoms with Gasteiger partial charge in [0, 0.05) is 17.6 Å². The van der Waals surface area contributed by atoms with Crippen molar-refractivity contribution in [2.45, 2.75) is 37.8 Å². The van der Waals surface area contributed by atoms with Crippen LogP contribution >= 0.6 is 0 Å². The molecule has 1 unspecified atom stereocenters. The topological polar surface area (TPSA) is 55.4 Å². The molecule has 1 aromatic rings. The molecule has 0 bridgehead atoms. The third-order valence-electron chi connectivity index (χ3n) is 4.18. The maximum absolute atomic E-state index is 11.5. The summed E-state index contributed by atoms with van der Waals surface area (Å²) in [5.41, 5.74) is 1.21. The van der Waals surface area contributed by atoms with Gasteiger partial charge in [-0.1, -0.05) is 18.2 Å². The van der Waals surface area contributed by atoms with Gasteiger partial charge >= 0.3 is 0 Å². The molecule has 0 amide bonds. The Kier molecular flexibility index (Phi) is 3.98. The molecule has 0 radical (unpaired) electrons. The van der Waals surface area contributed by atoms with E-state index in [1.165, 1.54) is 5.56 Å². The first kappa shape index (κ1) is 13.9. The Labute approximate surface area is 120 Å². The molecule has 0 aromatic heterocycles. The maximum atomic E-state index is 11.5. The second-order valence-electron chi connectivity index (χ2n) is 5.67. The minimum Gasteiger partial charge on any atom is -0.493 e. The van der Waals surface area contributed by atoms with Gasteiger partial charge in [0.05, 0.1) is 18.1 Å². The highest BCUT2D eigenvalue weighted by molar-refractivity contribution is 7.91. The summed E-state index contributed by atoms with van der Waals surface area (Å²) in [6.45, 7) is 0.758. The van der Waals surface area contributed by atoms with E-state index in [1.807, 2.05) is 18.2 Å². The Morgan fingerprint density at radius 3 is 2.65 bits per heavy atom. The van der Waals surface area contributed by atoms with Crippen molar-refractivity contribution in [1.29, 1.82) is 0 Å². The molecule has 2 heterocycles. The van der Waals surface area contributed by atoms with Gasteiger partial charge in [-0.05, 0) is 31.7 Å². The van der Waals surface area contributed by atoms with Gasteiger partial charge in [-0.3, -0.25) is 0 Å². The molecule has 2 aliphatic rings. The summed E-state index contributed by atoms with van der Waals surface area (Å²) in [4.78, 5) is 0. The quantitative estimate of drug-likeness (QED) is 0.907. The van der Waals surface area contributed by atoms with Crippen molar-refractivity contribution in [2.75, 3.05) is 18.1 Å². The van der Waals surface area contributed by atoms with Crippen LogP contribution in [0.2, 0.25) is 0 Å². The highest BCUT2D eigenvalue weighted by Gasteiger charge is 2.27. The van der Waals surface area contributed by atoms with Crippen LogP contribution in [0.5, 0.6) is 5.75 Å². The molecule has 1 fully saturated rings. The summed E-state index contributed by atoms with van der Waals surface area (Å²) in [6.07, 6.45) is 3.52. The number of sulfone groups is 1. The Morgan fingerprint density at radius 2 is 1.85 bits per heavy atom. The molecular weight excluding hydrogens is 274 g/mol. The monoisotopic (exact) mass is 295 g/mol. The fourth-order valence-electron chi connectivity index (χ4n) is 3.04. The summed E-state index contributed by atoms with van der Waals surface area (Å²) in [5.74, 6) is 1.59. The molecule has 5 heteroatoms. The lowest BCUT2D eigenvalue weighted by atomic mass is 10.00. The Hall–Kier alpha value is -1.07. The van der Waals surface area contributed by atoms with E-state index in [-0.39, 0.29) is 6.04 Å². The molecule has 2 aliphatic heterocycles. The zero-order valence-corrected chi connectivity index (χ0v) is 12.4. The fraction of sp³-hybridized carbons (Fsp3) is 0.600. The van der Waals surface area contributed by atoms with E-state index in [9.17, 15) is 8.42 Å². The van der Waals surface area contributed by atoms with Gasteiger partial charge in [-0.15, -0.1) is 0 Å². The molecule has 4 nitrogen and oxygen atoms in total. The Morgan fingerprint density at radius 1 is 1.10 bits per heavy atom. The second kappa shape index (κ2) is 5.74. The van der Waals surface area contributed by atoms with Crippen LogP contribution in [-0.2, 0) is 9.84 Å². The maximum Gasteiger partial charge on any atom is 0.150 e. The molecule has 0 saturated carbocycles. The lowest BCUT2D eigenvalue weighted by Gasteiger charge is -2.28. The van der Waals surface area contributed by atoms with Crippen molar-refractivity contribution in [2.24, 2.45) is 0 Å². The van der Waals surface area contributed by atoms with Crippen LogP contribution in [-0.4, -0.2) is 32.6 Å². The highest BCUT2D eigenvalue weighted by atomic mass is 32.2. The standard InChI is InChI=1S/C15H21NO3S/c17-20(18)10-7-12(8-11-20)16-14-5-3-9-19-15-6-2-1-4-13(14)15/h1-2,4,6,12,14,16H,3,5,7-11H2. The van der Waals surface area contributed by atoms with Crippen LogP contribution in [0.25, 0.3) is 0 Å². The van der Waals surface area contributed by atoms with Crippen LogP contribution in [0.4, 0.5) is 0 Å². The smallest absolute Gasteiger partial charge is 0.150 e. The molecule has 0 aliphatic carbocycles. The van der Waals surface area contributed by atoms with Gasteiger partial charge in [0.2, 0.25) is 0 Å². The normalized spacial score (nSPS) is 26.3. The lowest BCUT2D eigenvalue weighted by molar-refractivity contribution is 0.313. The van der Waals surface area contributed by atoms with E-state index >= 15 is 0 Å². The highest BCUT2D eigenvalue weighted by Crippen LogP contribution is 2.32. The van der Waals surface area contributed by atoms with Crippen molar-refractivity contribution in [3.63, 3.8) is 0 Å². The molecule has 0 spiro atoms. The second-order valence-corrected chi connectivity index (χ2v) is 7.98.